The molecule has 0 spiro atoms. The zero-order valence-electron chi connectivity index (χ0n) is 18.3. The fourth-order valence-electron chi connectivity index (χ4n) is 6.76. The molecule has 1 unspecified atom stereocenters. The van der Waals surface area contributed by atoms with Crippen LogP contribution in [0.5, 0.6) is 0 Å². The fourth-order valence-corrected chi connectivity index (χ4v) is 7.44. The Labute approximate surface area is 206 Å². The van der Waals surface area contributed by atoms with Crippen LogP contribution in [0.15, 0.2) is 120 Å². The number of hydrogen-bond acceptors (Lipinski definition) is 0. The lowest BCUT2D eigenvalue weighted by molar-refractivity contribution is 0.774. The molecule has 0 amide bonds. The lowest BCUT2D eigenvalue weighted by Crippen LogP contribution is -2.31. The molecule has 34 heavy (non-hydrogen) atoms. The average molecular weight is 495 g/mol. The molecule has 6 aromatic carbocycles. The number of benzene rings is 6. The van der Waals surface area contributed by atoms with E-state index in [-0.39, 0.29) is 5.41 Å². The molecular weight excluding hydrogens is 476 g/mol. The molecule has 2 aliphatic carbocycles. The van der Waals surface area contributed by atoms with E-state index in [9.17, 15) is 0 Å². The van der Waals surface area contributed by atoms with Gasteiger partial charge >= 0.3 is 0 Å². The van der Waals surface area contributed by atoms with Crippen molar-refractivity contribution in [3.8, 4) is 22.3 Å². The molecule has 0 radical (unpaired) electrons. The Morgan fingerprint density at radius 2 is 1.09 bits per heavy atom. The van der Waals surface area contributed by atoms with Crippen molar-refractivity contribution in [1.29, 1.82) is 0 Å². The molecule has 0 N–H and O–H groups in total. The molecule has 0 saturated heterocycles. The second-order valence-electron chi connectivity index (χ2n) is 9.35. The standard InChI is InChI=1S/C33H19Br/c34-32-24-14-5-4-13-22(24)29-25-16-8-15-23-21-12-6-7-18-27(21)33(31(23)25,20-10-2-1-3-11-20)28-19-9-17-26(32)30(28)29/h1-19H. The summed E-state index contributed by atoms with van der Waals surface area (Å²) in [5.41, 5.74) is 10.6. The van der Waals surface area contributed by atoms with E-state index >= 15 is 0 Å². The normalized spacial score (nSPS) is 17.1. The van der Waals surface area contributed by atoms with Crippen molar-refractivity contribution in [3.63, 3.8) is 0 Å². The van der Waals surface area contributed by atoms with E-state index in [4.69, 9.17) is 0 Å². The van der Waals surface area contributed by atoms with E-state index < -0.39 is 0 Å². The van der Waals surface area contributed by atoms with Gasteiger partial charge in [0, 0.05) is 4.47 Å². The molecule has 2 aliphatic rings. The smallest absolute Gasteiger partial charge is 0.0622 e. The Kier molecular flexibility index (Phi) is 3.56. The van der Waals surface area contributed by atoms with Crippen molar-refractivity contribution in [1.82, 2.24) is 0 Å². The van der Waals surface area contributed by atoms with Gasteiger partial charge in [-0.05, 0) is 82.0 Å². The Morgan fingerprint density at radius 1 is 0.471 bits per heavy atom. The Morgan fingerprint density at radius 3 is 1.97 bits per heavy atom. The van der Waals surface area contributed by atoms with Crippen LogP contribution in [-0.2, 0) is 5.41 Å². The van der Waals surface area contributed by atoms with Crippen LogP contribution in [0.4, 0.5) is 0 Å². The maximum Gasteiger partial charge on any atom is 0.0725 e. The van der Waals surface area contributed by atoms with Gasteiger partial charge in [0.2, 0.25) is 0 Å². The van der Waals surface area contributed by atoms with Crippen LogP contribution < -0.4 is 0 Å². The van der Waals surface area contributed by atoms with Crippen molar-refractivity contribution in [2.45, 2.75) is 5.41 Å². The maximum absolute atomic E-state index is 4.00. The van der Waals surface area contributed by atoms with Crippen LogP contribution >= 0.6 is 15.9 Å². The largest absolute Gasteiger partial charge is 0.0725 e. The third-order valence-electron chi connectivity index (χ3n) is 7.92. The molecule has 158 valence electrons. The minimum Gasteiger partial charge on any atom is -0.0622 e. The second-order valence-corrected chi connectivity index (χ2v) is 10.1. The highest BCUT2D eigenvalue weighted by atomic mass is 79.9. The predicted molar refractivity (Wildman–Crippen MR) is 145 cm³/mol. The highest BCUT2D eigenvalue weighted by molar-refractivity contribution is 9.10. The molecule has 8 rings (SSSR count). The van der Waals surface area contributed by atoms with Gasteiger partial charge in [0.05, 0.1) is 5.41 Å². The molecule has 0 nitrogen and oxygen atoms in total. The van der Waals surface area contributed by atoms with Gasteiger partial charge in [-0.3, -0.25) is 0 Å². The lowest BCUT2D eigenvalue weighted by Gasteiger charge is -2.40. The first-order valence-corrected chi connectivity index (χ1v) is 12.5. The number of rotatable bonds is 1. The third-order valence-corrected chi connectivity index (χ3v) is 8.78. The van der Waals surface area contributed by atoms with Crippen LogP contribution in [-0.4, -0.2) is 0 Å². The molecule has 1 atom stereocenters. The SMILES string of the molecule is Brc1c2ccccc2c2c3c(cccc13)C1(c3ccccc3)c3ccccc3-c3cccc-2c31. The molecule has 0 bridgehead atoms. The van der Waals surface area contributed by atoms with Crippen molar-refractivity contribution in [3.05, 3.63) is 142 Å². The van der Waals surface area contributed by atoms with Gasteiger partial charge in [-0.25, -0.2) is 0 Å². The van der Waals surface area contributed by atoms with E-state index in [1.54, 1.807) is 0 Å². The molecule has 0 saturated carbocycles. The summed E-state index contributed by atoms with van der Waals surface area (Å²) in [5.74, 6) is 0. The summed E-state index contributed by atoms with van der Waals surface area (Å²) in [6.45, 7) is 0. The fraction of sp³-hybridized carbons (Fsp3) is 0.0303. The van der Waals surface area contributed by atoms with E-state index in [0.29, 0.717) is 0 Å². The highest BCUT2D eigenvalue weighted by Gasteiger charge is 2.50. The molecule has 0 fully saturated rings. The number of hydrogen-bond donors (Lipinski definition) is 0. The van der Waals surface area contributed by atoms with E-state index in [1.807, 2.05) is 0 Å². The molecule has 0 heterocycles. The van der Waals surface area contributed by atoms with Crippen LogP contribution in [0.2, 0.25) is 0 Å². The van der Waals surface area contributed by atoms with Gasteiger partial charge in [0.1, 0.15) is 0 Å². The van der Waals surface area contributed by atoms with Crippen LogP contribution in [0, 0.1) is 0 Å². The summed E-state index contributed by atoms with van der Waals surface area (Å²) in [6, 6.07) is 42.7. The van der Waals surface area contributed by atoms with Crippen molar-refractivity contribution in [2.75, 3.05) is 0 Å². The predicted octanol–water partition coefficient (Wildman–Crippen LogP) is 9.10. The molecule has 6 aromatic rings. The summed E-state index contributed by atoms with van der Waals surface area (Å²) in [7, 11) is 0. The van der Waals surface area contributed by atoms with E-state index in [0.717, 1.165) is 0 Å². The van der Waals surface area contributed by atoms with Gasteiger partial charge in [-0.2, -0.15) is 0 Å². The minimum absolute atomic E-state index is 0.335. The van der Waals surface area contributed by atoms with Crippen LogP contribution in [0.25, 0.3) is 43.8 Å². The number of halogens is 1. The Hall–Kier alpha value is -3.68. The molecule has 0 aliphatic heterocycles. The summed E-state index contributed by atoms with van der Waals surface area (Å²) in [5, 5.41) is 5.21. The van der Waals surface area contributed by atoms with Gasteiger partial charge in [0.15, 0.2) is 0 Å². The summed E-state index contributed by atoms with van der Waals surface area (Å²) >= 11 is 4.00. The second kappa shape index (κ2) is 6.46. The number of fused-ring (bicyclic) bond motifs is 7. The van der Waals surface area contributed by atoms with Crippen LogP contribution in [0.3, 0.4) is 0 Å². The van der Waals surface area contributed by atoms with Gasteiger partial charge in [-0.15, -0.1) is 0 Å². The maximum atomic E-state index is 4.00. The average Bonchev–Trinajstić information content (AvgIpc) is 3.21. The van der Waals surface area contributed by atoms with Crippen molar-refractivity contribution < 1.29 is 0 Å². The topological polar surface area (TPSA) is 0 Å². The van der Waals surface area contributed by atoms with Gasteiger partial charge in [0.25, 0.3) is 0 Å². The molecular formula is C33H19Br. The zero-order chi connectivity index (χ0) is 22.4. The lowest BCUT2D eigenvalue weighted by atomic mass is 9.61. The minimum atomic E-state index is -0.335. The third kappa shape index (κ3) is 2.02. The Balaban J connectivity index is 1.73. The molecule has 1 heteroatoms. The highest BCUT2D eigenvalue weighted by Crippen LogP contribution is 2.64. The van der Waals surface area contributed by atoms with Crippen LogP contribution in [0.1, 0.15) is 22.3 Å². The zero-order valence-corrected chi connectivity index (χ0v) is 19.9. The van der Waals surface area contributed by atoms with Crippen molar-refractivity contribution >= 4 is 37.5 Å². The monoisotopic (exact) mass is 494 g/mol. The van der Waals surface area contributed by atoms with E-state index in [2.05, 4.69) is 131 Å². The van der Waals surface area contributed by atoms with Gasteiger partial charge in [-0.1, -0.05) is 115 Å². The summed E-state index contributed by atoms with van der Waals surface area (Å²) in [4.78, 5) is 0. The molecule has 0 aromatic heterocycles. The summed E-state index contributed by atoms with van der Waals surface area (Å²) in [6.07, 6.45) is 0. The van der Waals surface area contributed by atoms with Crippen molar-refractivity contribution in [2.24, 2.45) is 0 Å². The van der Waals surface area contributed by atoms with Gasteiger partial charge < -0.3 is 0 Å². The summed E-state index contributed by atoms with van der Waals surface area (Å²) < 4.78 is 1.18. The van der Waals surface area contributed by atoms with E-state index in [1.165, 1.54) is 70.5 Å². The first-order chi connectivity index (χ1) is 16.8. The first-order valence-electron chi connectivity index (χ1n) is 11.7. The quantitative estimate of drug-likeness (QED) is 0.199. The Bertz CT molecular complexity index is 1810. The first kappa shape index (κ1) is 18.7.